The molecule has 0 fully saturated rings. The Morgan fingerprint density at radius 2 is 1.60 bits per heavy atom. The second-order valence-electron chi connectivity index (χ2n) is 4.13. The second kappa shape index (κ2) is 4.81. The van der Waals surface area contributed by atoms with Crippen molar-refractivity contribution in [1.82, 2.24) is 4.57 Å². The molecular weight excluding hydrogens is 301 g/mol. The first-order valence-electron chi connectivity index (χ1n) is 5.67. The van der Waals surface area contributed by atoms with Crippen molar-refractivity contribution in [2.75, 3.05) is 0 Å². The van der Waals surface area contributed by atoms with E-state index in [1.165, 1.54) is 18.2 Å². The van der Waals surface area contributed by atoms with Crippen LogP contribution in [-0.4, -0.2) is 4.57 Å². The number of hydrogen-bond acceptors (Lipinski definition) is 3. The van der Waals surface area contributed by atoms with E-state index in [4.69, 9.17) is 27.6 Å². The van der Waals surface area contributed by atoms with E-state index in [9.17, 15) is 9.59 Å². The molecule has 2 aromatic carbocycles. The maximum Gasteiger partial charge on any atom is 0.426 e. The molecule has 1 heterocycles. The lowest BCUT2D eigenvalue weighted by molar-refractivity contribution is 0.504. The number of nitrogens with zero attached hydrogens (tertiary/aromatic N) is 1. The van der Waals surface area contributed by atoms with Crippen molar-refractivity contribution in [3.05, 3.63) is 73.4 Å². The SMILES string of the molecule is O=c1oc2ccccc2c(=O)n1-c1cc(Cl)cc(Cl)c1. The van der Waals surface area contributed by atoms with Crippen molar-refractivity contribution in [1.29, 1.82) is 0 Å². The van der Waals surface area contributed by atoms with Crippen LogP contribution >= 0.6 is 23.2 Å². The van der Waals surface area contributed by atoms with E-state index >= 15 is 0 Å². The van der Waals surface area contributed by atoms with E-state index in [0.29, 0.717) is 15.4 Å². The van der Waals surface area contributed by atoms with Gasteiger partial charge in [-0.25, -0.2) is 9.36 Å². The van der Waals surface area contributed by atoms with Gasteiger partial charge in [-0.3, -0.25) is 4.79 Å². The minimum absolute atomic E-state index is 0.242. The van der Waals surface area contributed by atoms with Crippen LogP contribution in [0.5, 0.6) is 0 Å². The molecule has 4 nitrogen and oxygen atoms in total. The van der Waals surface area contributed by atoms with Crippen LogP contribution < -0.4 is 11.3 Å². The number of halogens is 2. The summed E-state index contributed by atoms with van der Waals surface area (Å²) in [5, 5.41) is 0.960. The Bertz CT molecular complexity index is 907. The highest BCUT2D eigenvalue weighted by atomic mass is 35.5. The van der Waals surface area contributed by atoms with Gasteiger partial charge in [0.1, 0.15) is 5.58 Å². The predicted molar refractivity (Wildman–Crippen MR) is 78.1 cm³/mol. The number of para-hydroxylation sites is 1. The summed E-state index contributed by atoms with van der Waals surface area (Å²) in [4.78, 5) is 24.4. The fraction of sp³-hybridized carbons (Fsp3) is 0. The molecule has 20 heavy (non-hydrogen) atoms. The summed E-state index contributed by atoms with van der Waals surface area (Å²) in [7, 11) is 0. The molecular formula is C14H7Cl2NO3. The molecule has 6 heteroatoms. The lowest BCUT2D eigenvalue weighted by atomic mass is 10.2. The van der Waals surface area contributed by atoms with E-state index in [0.717, 1.165) is 4.57 Å². The summed E-state index contributed by atoms with van der Waals surface area (Å²) in [5.41, 5.74) is 0.0362. The minimum atomic E-state index is -0.785. The van der Waals surface area contributed by atoms with Crippen LogP contribution in [0.4, 0.5) is 0 Å². The molecule has 0 bridgehead atoms. The van der Waals surface area contributed by atoms with E-state index in [1.807, 2.05) is 0 Å². The maximum atomic E-state index is 12.4. The van der Waals surface area contributed by atoms with Gasteiger partial charge in [0, 0.05) is 10.0 Å². The van der Waals surface area contributed by atoms with Crippen molar-refractivity contribution >= 4 is 34.2 Å². The third-order valence-corrected chi connectivity index (χ3v) is 3.24. The molecule has 0 unspecified atom stereocenters. The molecule has 0 aliphatic rings. The zero-order valence-corrected chi connectivity index (χ0v) is 11.5. The topological polar surface area (TPSA) is 52.2 Å². The van der Waals surface area contributed by atoms with Crippen LogP contribution in [0.15, 0.2) is 56.5 Å². The normalized spacial score (nSPS) is 10.9. The molecule has 0 saturated heterocycles. The molecule has 1 aromatic heterocycles. The maximum absolute atomic E-state index is 12.4. The van der Waals surface area contributed by atoms with Gasteiger partial charge in [-0.15, -0.1) is 0 Å². The van der Waals surface area contributed by atoms with Gasteiger partial charge >= 0.3 is 5.76 Å². The van der Waals surface area contributed by atoms with Gasteiger partial charge in [-0.2, -0.15) is 0 Å². The van der Waals surface area contributed by atoms with Crippen LogP contribution in [-0.2, 0) is 0 Å². The monoisotopic (exact) mass is 307 g/mol. The lowest BCUT2D eigenvalue weighted by Crippen LogP contribution is -2.30. The summed E-state index contributed by atoms with van der Waals surface area (Å²) >= 11 is 11.8. The molecule has 0 aliphatic carbocycles. The summed E-state index contributed by atoms with van der Waals surface area (Å²) < 4.78 is 6.03. The average Bonchev–Trinajstić information content (AvgIpc) is 2.37. The minimum Gasteiger partial charge on any atom is -0.409 e. The van der Waals surface area contributed by atoms with Crippen LogP contribution in [0.25, 0.3) is 16.7 Å². The fourth-order valence-electron chi connectivity index (χ4n) is 1.97. The number of hydrogen-bond donors (Lipinski definition) is 0. The molecule has 0 spiro atoms. The first-order chi connectivity index (χ1) is 9.56. The number of aromatic nitrogens is 1. The molecule has 0 N–H and O–H groups in total. The van der Waals surface area contributed by atoms with Crippen molar-refractivity contribution in [3.8, 4) is 5.69 Å². The highest BCUT2D eigenvalue weighted by molar-refractivity contribution is 6.34. The largest absolute Gasteiger partial charge is 0.426 e. The molecule has 0 radical (unpaired) electrons. The van der Waals surface area contributed by atoms with Gasteiger partial charge in [-0.05, 0) is 30.3 Å². The van der Waals surface area contributed by atoms with E-state index in [-0.39, 0.29) is 11.3 Å². The van der Waals surface area contributed by atoms with Gasteiger partial charge in [0.15, 0.2) is 0 Å². The number of fused-ring (bicyclic) bond motifs is 1. The lowest BCUT2D eigenvalue weighted by Gasteiger charge is -2.06. The van der Waals surface area contributed by atoms with Crippen LogP contribution in [0.3, 0.4) is 0 Å². The Hall–Kier alpha value is -2.04. The van der Waals surface area contributed by atoms with Crippen LogP contribution in [0.1, 0.15) is 0 Å². The zero-order chi connectivity index (χ0) is 14.3. The number of benzene rings is 2. The Balaban J connectivity index is 2.42. The summed E-state index contributed by atoms with van der Waals surface area (Å²) in [6.07, 6.45) is 0. The van der Waals surface area contributed by atoms with Crippen molar-refractivity contribution < 1.29 is 4.42 Å². The zero-order valence-electron chi connectivity index (χ0n) is 9.97. The Morgan fingerprint density at radius 3 is 2.30 bits per heavy atom. The second-order valence-corrected chi connectivity index (χ2v) is 5.01. The van der Waals surface area contributed by atoms with Crippen molar-refractivity contribution in [2.45, 2.75) is 0 Å². The molecule has 0 atom stereocenters. The molecule has 0 amide bonds. The summed E-state index contributed by atoms with van der Waals surface area (Å²) in [6.45, 7) is 0. The van der Waals surface area contributed by atoms with Crippen LogP contribution in [0.2, 0.25) is 10.0 Å². The smallest absolute Gasteiger partial charge is 0.409 e. The third-order valence-electron chi connectivity index (χ3n) is 2.81. The average molecular weight is 308 g/mol. The van der Waals surface area contributed by atoms with Gasteiger partial charge in [0.05, 0.1) is 11.1 Å². The molecule has 100 valence electrons. The Kier molecular flexibility index (Phi) is 3.12. The highest BCUT2D eigenvalue weighted by Gasteiger charge is 2.12. The predicted octanol–water partition coefficient (Wildman–Crippen LogP) is 3.25. The molecule has 3 rings (SSSR count). The molecule has 3 aromatic rings. The third kappa shape index (κ3) is 2.13. The van der Waals surface area contributed by atoms with Crippen molar-refractivity contribution in [2.24, 2.45) is 0 Å². The van der Waals surface area contributed by atoms with E-state index in [2.05, 4.69) is 0 Å². The van der Waals surface area contributed by atoms with Gasteiger partial charge in [-0.1, -0.05) is 35.3 Å². The van der Waals surface area contributed by atoms with Gasteiger partial charge < -0.3 is 4.42 Å². The summed E-state index contributed by atoms with van der Waals surface area (Å²) in [5.74, 6) is -0.785. The number of rotatable bonds is 1. The highest BCUT2D eigenvalue weighted by Crippen LogP contribution is 2.20. The molecule has 0 aliphatic heterocycles. The Labute approximate surface area is 122 Å². The standard InChI is InChI=1S/C14H7Cl2NO3/c15-8-5-9(16)7-10(6-8)17-13(18)11-3-1-2-4-12(11)20-14(17)19/h1-7H. The molecule has 0 saturated carbocycles. The van der Waals surface area contributed by atoms with Gasteiger partial charge in [0.25, 0.3) is 5.56 Å². The quantitative estimate of drug-likeness (QED) is 0.693. The first kappa shape index (κ1) is 13.0. The van der Waals surface area contributed by atoms with Crippen molar-refractivity contribution in [3.63, 3.8) is 0 Å². The van der Waals surface area contributed by atoms with Gasteiger partial charge in [0.2, 0.25) is 0 Å². The Morgan fingerprint density at radius 1 is 0.950 bits per heavy atom. The van der Waals surface area contributed by atoms with E-state index < -0.39 is 11.3 Å². The fourth-order valence-corrected chi connectivity index (χ4v) is 2.48. The van der Waals surface area contributed by atoms with E-state index in [1.54, 1.807) is 24.3 Å². The van der Waals surface area contributed by atoms with Crippen LogP contribution in [0, 0.1) is 0 Å². The summed E-state index contributed by atoms with van der Waals surface area (Å²) in [6, 6.07) is 11.0. The first-order valence-corrected chi connectivity index (χ1v) is 6.43.